The van der Waals surface area contributed by atoms with E-state index in [0.717, 1.165) is 23.0 Å². The number of nitrogens with zero attached hydrogens (tertiary/aromatic N) is 6. The van der Waals surface area contributed by atoms with E-state index in [1.54, 1.807) is 0 Å². The molecule has 0 atom stereocenters. The summed E-state index contributed by atoms with van der Waals surface area (Å²) in [6.45, 7) is 3.93. The first kappa shape index (κ1) is 20.9. The molecule has 0 unspecified atom stereocenters. The third-order valence-corrected chi connectivity index (χ3v) is 4.66. The minimum Gasteiger partial charge on any atom is -0.462 e. The molecule has 0 N–H and O–H groups in total. The fraction of sp³-hybridized carbons (Fsp3) is 0. The van der Waals surface area contributed by atoms with Gasteiger partial charge in [-0.25, -0.2) is 0 Å². The molecular formula is C24H20AgN6-2. The van der Waals surface area contributed by atoms with Crippen molar-refractivity contribution in [1.29, 1.82) is 0 Å². The number of amidine groups is 2. The Morgan fingerprint density at radius 3 is 1.35 bits per heavy atom. The topological polar surface area (TPSA) is 37.7 Å². The molecular weight excluding hydrogens is 480 g/mol. The largest absolute Gasteiger partial charge is 0.462 e. The first-order chi connectivity index (χ1) is 14.9. The van der Waals surface area contributed by atoms with E-state index in [1.165, 1.54) is 0 Å². The van der Waals surface area contributed by atoms with Crippen molar-refractivity contribution in [3.8, 4) is 0 Å². The van der Waals surface area contributed by atoms with Crippen LogP contribution in [0.4, 0.5) is 11.4 Å². The molecule has 7 heteroatoms. The SMILES string of the molecule is C1=CC2=NN(c3ccccc3)[CH-]N2C=C1.C1=CC2=NN(c3ccccc3)[CH-]N2C=C1.[Ag]. The van der Waals surface area contributed by atoms with Crippen LogP contribution in [0.15, 0.2) is 120 Å². The van der Waals surface area contributed by atoms with E-state index < -0.39 is 0 Å². The number of allylic oxidation sites excluding steroid dienone is 4. The van der Waals surface area contributed by atoms with E-state index in [2.05, 4.69) is 10.2 Å². The Labute approximate surface area is 197 Å². The van der Waals surface area contributed by atoms with E-state index in [0.29, 0.717) is 0 Å². The summed E-state index contributed by atoms with van der Waals surface area (Å²) in [5, 5.41) is 12.7. The Morgan fingerprint density at radius 1 is 0.548 bits per heavy atom. The molecule has 0 aromatic heterocycles. The zero-order chi connectivity index (χ0) is 20.2. The van der Waals surface area contributed by atoms with Crippen LogP contribution in [0, 0.1) is 13.3 Å². The monoisotopic (exact) mass is 499 g/mol. The molecule has 159 valence electrons. The zero-order valence-corrected chi connectivity index (χ0v) is 18.0. The van der Waals surface area contributed by atoms with E-state index in [4.69, 9.17) is 0 Å². The molecule has 0 fully saturated rings. The Morgan fingerprint density at radius 2 is 0.968 bits per heavy atom. The van der Waals surface area contributed by atoms with Gasteiger partial charge in [0.05, 0.1) is 0 Å². The van der Waals surface area contributed by atoms with E-state index in [9.17, 15) is 0 Å². The maximum Gasteiger partial charge on any atom is 0.122 e. The number of rotatable bonds is 2. The standard InChI is InChI=1S/2C12H10N3.Ag/c2*1-2-6-11(7-3-1)15-10-14-9-5-4-8-12(14)13-15;/h2*1-10H;/q2*-1;. The number of benzene rings is 2. The summed E-state index contributed by atoms with van der Waals surface area (Å²) in [6.07, 6.45) is 15.9. The molecule has 0 saturated carbocycles. The molecule has 1 radical (unpaired) electrons. The smallest absolute Gasteiger partial charge is 0.122 e. The average Bonchev–Trinajstić information content (AvgIpc) is 3.45. The van der Waals surface area contributed by atoms with Crippen LogP contribution < -0.4 is 10.0 Å². The number of anilines is 2. The third kappa shape index (κ3) is 4.72. The van der Waals surface area contributed by atoms with Gasteiger partial charge in [0.25, 0.3) is 0 Å². The summed E-state index contributed by atoms with van der Waals surface area (Å²) in [7, 11) is 0. The molecule has 4 heterocycles. The van der Waals surface area contributed by atoms with Crippen LogP contribution in [-0.4, -0.2) is 21.5 Å². The van der Waals surface area contributed by atoms with Crippen LogP contribution in [0.2, 0.25) is 0 Å². The van der Waals surface area contributed by atoms with Gasteiger partial charge < -0.3 is 19.8 Å². The van der Waals surface area contributed by atoms with Gasteiger partial charge in [-0.1, -0.05) is 48.6 Å². The van der Waals surface area contributed by atoms with Crippen molar-refractivity contribution in [3.05, 3.63) is 123 Å². The maximum absolute atomic E-state index is 4.46. The average molecular weight is 500 g/mol. The first-order valence-corrected chi connectivity index (χ1v) is 9.69. The summed E-state index contributed by atoms with van der Waals surface area (Å²) in [4.78, 5) is 3.99. The van der Waals surface area contributed by atoms with Crippen molar-refractivity contribution in [3.63, 3.8) is 0 Å². The molecule has 2 aromatic rings. The summed E-state index contributed by atoms with van der Waals surface area (Å²) in [6, 6.07) is 20.2. The number of para-hydroxylation sites is 2. The summed E-state index contributed by atoms with van der Waals surface area (Å²) < 4.78 is 0. The zero-order valence-electron chi connectivity index (χ0n) is 16.5. The summed E-state index contributed by atoms with van der Waals surface area (Å²) in [5.74, 6) is 1.89. The van der Waals surface area contributed by atoms with Crippen molar-refractivity contribution in [2.45, 2.75) is 0 Å². The van der Waals surface area contributed by atoms with Gasteiger partial charge in [0.15, 0.2) is 0 Å². The number of hydrogen-bond donors (Lipinski definition) is 0. The van der Waals surface area contributed by atoms with E-state index >= 15 is 0 Å². The number of hydrogen-bond acceptors (Lipinski definition) is 6. The summed E-state index contributed by atoms with van der Waals surface area (Å²) >= 11 is 0. The van der Waals surface area contributed by atoms with Gasteiger partial charge in [-0.05, 0) is 61.0 Å². The fourth-order valence-corrected chi connectivity index (χ4v) is 3.18. The second kappa shape index (κ2) is 9.66. The van der Waals surface area contributed by atoms with Crippen LogP contribution >= 0.6 is 0 Å². The first-order valence-electron chi connectivity index (χ1n) is 9.69. The van der Waals surface area contributed by atoms with Crippen molar-refractivity contribution in [1.82, 2.24) is 9.80 Å². The quantitative estimate of drug-likeness (QED) is 0.445. The van der Waals surface area contributed by atoms with Crippen LogP contribution in [-0.2, 0) is 22.4 Å². The Bertz CT molecular complexity index is 984. The van der Waals surface area contributed by atoms with Crippen LogP contribution in [0.3, 0.4) is 0 Å². The molecule has 4 aliphatic rings. The van der Waals surface area contributed by atoms with Gasteiger partial charge in [0, 0.05) is 33.8 Å². The minimum absolute atomic E-state index is 0. The fourth-order valence-electron chi connectivity index (χ4n) is 3.18. The Hall–Kier alpha value is -3.32. The van der Waals surface area contributed by atoms with Crippen LogP contribution in [0.5, 0.6) is 0 Å². The number of hydrazone groups is 2. The molecule has 2 aromatic carbocycles. The van der Waals surface area contributed by atoms with Crippen LogP contribution in [0.25, 0.3) is 0 Å². The van der Waals surface area contributed by atoms with Crippen LogP contribution in [0.1, 0.15) is 0 Å². The third-order valence-electron chi connectivity index (χ3n) is 4.66. The van der Waals surface area contributed by atoms with Crippen molar-refractivity contribution >= 4 is 23.0 Å². The van der Waals surface area contributed by atoms with Gasteiger partial charge in [0.2, 0.25) is 0 Å². The minimum atomic E-state index is 0. The van der Waals surface area contributed by atoms with Gasteiger partial charge >= 0.3 is 0 Å². The molecule has 0 bridgehead atoms. The van der Waals surface area contributed by atoms with Crippen molar-refractivity contribution in [2.75, 3.05) is 10.0 Å². The second-order valence-corrected chi connectivity index (χ2v) is 6.72. The van der Waals surface area contributed by atoms with Gasteiger partial charge in [-0.3, -0.25) is 0 Å². The molecule has 6 nitrogen and oxygen atoms in total. The predicted octanol–water partition coefficient (Wildman–Crippen LogP) is 4.65. The second-order valence-electron chi connectivity index (χ2n) is 6.72. The molecule has 0 aliphatic carbocycles. The molecule has 6 rings (SSSR count). The molecule has 0 spiro atoms. The molecule has 31 heavy (non-hydrogen) atoms. The maximum atomic E-state index is 4.46. The molecule has 4 aliphatic heterocycles. The molecule has 0 amide bonds. The Kier molecular flexibility index (Phi) is 6.52. The van der Waals surface area contributed by atoms with Gasteiger partial charge in [-0.2, -0.15) is 10.2 Å². The summed E-state index contributed by atoms with van der Waals surface area (Å²) in [5.41, 5.74) is 2.14. The van der Waals surface area contributed by atoms with E-state index in [1.807, 2.05) is 143 Å². The van der Waals surface area contributed by atoms with Gasteiger partial charge in [0.1, 0.15) is 11.7 Å². The Balaban J connectivity index is 0.000000144. The number of fused-ring (bicyclic) bond motifs is 2. The van der Waals surface area contributed by atoms with Crippen molar-refractivity contribution in [2.24, 2.45) is 10.2 Å². The normalized spacial score (nSPS) is 17.4. The van der Waals surface area contributed by atoms with Gasteiger partial charge in [-0.15, -0.1) is 13.3 Å². The van der Waals surface area contributed by atoms with E-state index in [-0.39, 0.29) is 22.4 Å². The van der Waals surface area contributed by atoms with Crippen molar-refractivity contribution < 1.29 is 22.4 Å². The molecule has 0 saturated heterocycles. The predicted molar refractivity (Wildman–Crippen MR) is 122 cm³/mol.